The van der Waals surface area contributed by atoms with Crippen LogP contribution < -0.4 is 16.0 Å². The van der Waals surface area contributed by atoms with Gasteiger partial charge in [0.2, 0.25) is 11.8 Å². The standard InChI is InChI=1S/C19H25N5O3/c1-12(2)18(26)22-16-10-15(19(27)20-11-17(25)21-13(3)4)23-24(16)14-8-6-5-7-9-14/h5-10,12-13H,11H2,1-4H3,(H,20,27)(H,21,25)(H,22,26). The van der Waals surface area contributed by atoms with E-state index in [1.54, 1.807) is 13.8 Å². The van der Waals surface area contributed by atoms with E-state index in [1.165, 1.54) is 10.7 Å². The number of hydrogen-bond acceptors (Lipinski definition) is 4. The summed E-state index contributed by atoms with van der Waals surface area (Å²) in [7, 11) is 0. The van der Waals surface area contributed by atoms with Crippen LogP contribution in [0.5, 0.6) is 0 Å². The molecule has 0 aliphatic carbocycles. The van der Waals surface area contributed by atoms with Gasteiger partial charge in [0.15, 0.2) is 5.69 Å². The van der Waals surface area contributed by atoms with E-state index in [1.807, 2.05) is 44.2 Å². The summed E-state index contributed by atoms with van der Waals surface area (Å²) in [5.41, 5.74) is 0.809. The van der Waals surface area contributed by atoms with E-state index in [2.05, 4.69) is 21.0 Å². The summed E-state index contributed by atoms with van der Waals surface area (Å²) < 4.78 is 1.49. The van der Waals surface area contributed by atoms with Crippen molar-refractivity contribution in [2.45, 2.75) is 33.7 Å². The van der Waals surface area contributed by atoms with E-state index in [-0.39, 0.29) is 36.0 Å². The maximum atomic E-state index is 12.4. The Labute approximate surface area is 158 Å². The van der Waals surface area contributed by atoms with Gasteiger partial charge < -0.3 is 16.0 Å². The lowest BCUT2D eigenvalue weighted by atomic mass is 10.2. The number of para-hydroxylation sites is 1. The summed E-state index contributed by atoms with van der Waals surface area (Å²) in [6.07, 6.45) is 0. The molecule has 0 bridgehead atoms. The van der Waals surface area contributed by atoms with E-state index < -0.39 is 5.91 Å². The molecule has 0 saturated carbocycles. The van der Waals surface area contributed by atoms with Crippen molar-refractivity contribution >= 4 is 23.5 Å². The molecule has 1 aromatic carbocycles. The number of amides is 3. The molecule has 0 fully saturated rings. The molecule has 0 spiro atoms. The van der Waals surface area contributed by atoms with Crippen LogP contribution in [0.25, 0.3) is 5.69 Å². The summed E-state index contributed by atoms with van der Waals surface area (Å²) in [6.45, 7) is 7.08. The van der Waals surface area contributed by atoms with Gasteiger partial charge in [-0.05, 0) is 26.0 Å². The van der Waals surface area contributed by atoms with Crippen LogP contribution in [-0.4, -0.2) is 40.1 Å². The second-order valence-corrected chi connectivity index (χ2v) is 6.71. The number of aromatic nitrogens is 2. The van der Waals surface area contributed by atoms with Crippen molar-refractivity contribution in [3.05, 3.63) is 42.1 Å². The molecular weight excluding hydrogens is 346 g/mol. The third kappa shape index (κ3) is 5.67. The van der Waals surface area contributed by atoms with E-state index in [4.69, 9.17) is 0 Å². The highest BCUT2D eigenvalue weighted by molar-refractivity contribution is 5.97. The van der Waals surface area contributed by atoms with Gasteiger partial charge in [0, 0.05) is 18.0 Å². The van der Waals surface area contributed by atoms with Gasteiger partial charge in [-0.25, -0.2) is 4.68 Å². The van der Waals surface area contributed by atoms with Gasteiger partial charge in [0.25, 0.3) is 5.91 Å². The summed E-state index contributed by atoms with van der Waals surface area (Å²) in [5.74, 6) is -0.800. The van der Waals surface area contributed by atoms with Crippen molar-refractivity contribution < 1.29 is 14.4 Å². The Kier molecular flexibility index (Phi) is 6.70. The average molecular weight is 371 g/mol. The van der Waals surface area contributed by atoms with Gasteiger partial charge in [-0.3, -0.25) is 14.4 Å². The third-order valence-electron chi connectivity index (χ3n) is 3.58. The molecule has 2 aromatic rings. The van der Waals surface area contributed by atoms with Gasteiger partial charge in [0.05, 0.1) is 12.2 Å². The molecule has 0 saturated heterocycles. The van der Waals surface area contributed by atoms with Gasteiger partial charge in [0.1, 0.15) is 5.82 Å². The molecular formula is C19H25N5O3. The number of anilines is 1. The van der Waals surface area contributed by atoms with Crippen LogP contribution in [-0.2, 0) is 9.59 Å². The molecule has 3 N–H and O–H groups in total. The first-order valence-electron chi connectivity index (χ1n) is 8.82. The van der Waals surface area contributed by atoms with Crippen molar-refractivity contribution in [3.8, 4) is 5.69 Å². The molecule has 0 aliphatic heterocycles. The normalized spacial score (nSPS) is 10.7. The molecule has 2 rings (SSSR count). The first kappa shape index (κ1) is 20.2. The second kappa shape index (κ2) is 8.98. The van der Waals surface area contributed by atoms with Crippen LogP contribution >= 0.6 is 0 Å². The fourth-order valence-corrected chi connectivity index (χ4v) is 2.24. The molecule has 0 aliphatic rings. The van der Waals surface area contributed by atoms with Crippen LogP contribution in [0.4, 0.5) is 5.82 Å². The molecule has 0 unspecified atom stereocenters. The average Bonchev–Trinajstić information content (AvgIpc) is 3.03. The van der Waals surface area contributed by atoms with Crippen LogP contribution in [0.3, 0.4) is 0 Å². The highest BCUT2D eigenvalue weighted by Gasteiger charge is 2.18. The van der Waals surface area contributed by atoms with Gasteiger partial charge in [-0.1, -0.05) is 32.0 Å². The van der Waals surface area contributed by atoms with Crippen molar-refractivity contribution in [2.24, 2.45) is 5.92 Å². The van der Waals surface area contributed by atoms with Crippen LogP contribution in [0.15, 0.2) is 36.4 Å². The SMILES string of the molecule is CC(C)NC(=O)CNC(=O)c1cc(NC(=O)C(C)C)n(-c2ccccc2)n1. The molecule has 8 nitrogen and oxygen atoms in total. The number of benzene rings is 1. The lowest BCUT2D eigenvalue weighted by Crippen LogP contribution is -2.39. The zero-order chi connectivity index (χ0) is 20.0. The highest BCUT2D eigenvalue weighted by atomic mass is 16.2. The summed E-state index contributed by atoms with van der Waals surface area (Å²) in [5, 5.41) is 12.3. The molecule has 3 amide bonds. The Hall–Kier alpha value is -3.16. The zero-order valence-electron chi connectivity index (χ0n) is 15.9. The molecule has 8 heteroatoms. The lowest BCUT2D eigenvalue weighted by molar-refractivity contribution is -0.120. The van der Waals surface area contributed by atoms with E-state index in [0.717, 1.165) is 0 Å². The summed E-state index contributed by atoms with van der Waals surface area (Å²) in [6, 6.07) is 10.6. The minimum absolute atomic E-state index is 0.00969. The third-order valence-corrected chi connectivity index (χ3v) is 3.58. The Balaban J connectivity index is 2.22. The Morgan fingerprint density at radius 3 is 2.33 bits per heavy atom. The van der Waals surface area contributed by atoms with Crippen molar-refractivity contribution in [2.75, 3.05) is 11.9 Å². The Bertz CT molecular complexity index is 812. The quantitative estimate of drug-likeness (QED) is 0.689. The van der Waals surface area contributed by atoms with E-state index >= 15 is 0 Å². The minimum atomic E-state index is -0.497. The predicted molar refractivity (Wildman–Crippen MR) is 103 cm³/mol. The van der Waals surface area contributed by atoms with E-state index in [9.17, 15) is 14.4 Å². The molecule has 144 valence electrons. The highest BCUT2D eigenvalue weighted by Crippen LogP contribution is 2.18. The number of carbonyl (C=O) groups excluding carboxylic acids is 3. The van der Waals surface area contributed by atoms with Crippen LogP contribution in [0.2, 0.25) is 0 Å². The van der Waals surface area contributed by atoms with Crippen molar-refractivity contribution in [3.63, 3.8) is 0 Å². The van der Waals surface area contributed by atoms with Crippen LogP contribution in [0, 0.1) is 5.92 Å². The van der Waals surface area contributed by atoms with Gasteiger partial charge in [-0.15, -0.1) is 0 Å². The topological polar surface area (TPSA) is 105 Å². The number of rotatable bonds is 7. The molecule has 0 atom stereocenters. The smallest absolute Gasteiger partial charge is 0.272 e. The first-order valence-corrected chi connectivity index (χ1v) is 8.82. The summed E-state index contributed by atoms with van der Waals surface area (Å²) >= 11 is 0. The molecule has 1 aromatic heterocycles. The van der Waals surface area contributed by atoms with Crippen molar-refractivity contribution in [1.29, 1.82) is 0 Å². The van der Waals surface area contributed by atoms with E-state index in [0.29, 0.717) is 11.5 Å². The molecule has 0 radical (unpaired) electrons. The van der Waals surface area contributed by atoms with Crippen molar-refractivity contribution in [1.82, 2.24) is 20.4 Å². The first-order chi connectivity index (χ1) is 12.8. The minimum Gasteiger partial charge on any atom is -0.352 e. The van der Waals surface area contributed by atoms with Gasteiger partial charge >= 0.3 is 0 Å². The van der Waals surface area contributed by atoms with Gasteiger partial charge in [-0.2, -0.15) is 5.10 Å². The fraction of sp³-hybridized carbons (Fsp3) is 0.368. The monoisotopic (exact) mass is 371 g/mol. The maximum absolute atomic E-state index is 12.4. The number of nitrogens with one attached hydrogen (secondary N) is 3. The largest absolute Gasteiger partial charge is 0.352 e. The molecule has 27 heavy (non-hydrogen) atoms. The maximum Gasteiger partial charge on any atom is 0.272 e. The fourth-order valence-electron chi connectivity index (χ4n) is 2.24. The summed E-state index contributed by atoms with van der Waals surface area (Å²) in [4.78, 5) is 36.2. The number of hydrogen-bond donors (Lipinski definition) is 3. The number of nitrogens with zero attached hydrogens (tertiary/aromatic N) is 2. The Morgan fingerprint density at radius 1 is 1.07 bits per heavy atom. The lowest BCUT2D eigenvalue weighted by Gasteiger charge is -2.10. The second-order valence-electron chi connectivity index (χ2n) is 6.71. The predicted octanol–water partition coefficient (Wildman–Crippen LogP) is 1.72. The molecule has 1 heterocycles. The van der Waals surface area contributed by atoms with Crippen LogP contribution in [0.1, 0.15) is 38.2 Å². The Morgan fingerprint density at radius 2 is 1.74 bits per heavy atom. The number of carbonyl (C=O) groups is 3. The zero-order valence-corrected chi connectivity index (χ0v) is 15.9.